The summed E-state index contributed by atoms with van der Waals surface area (Å²) in [6.45, 7) is 0. The summed E-state index contributed by atoms with van der Waals surface area (Å²) in [4.78, 5) is 22.2. The van der Waals surface area contributed by atoms with E-state index in [-0.39, 0.29) is 5.92 Å². The van der Waals surface area contributed by atoms with Crippen molar-refractivity contribution in [2.75, 3.05) is 0 Å². The molecule has 4 heteroatoms. The lowest BCUT2D eigenvalue weighted by Crippen LogP contribution is -2.24. The largest absolute Gasteiger partial charge is 0.393 e. The first-order valence-corrected chi connectivity index (χ1v) is 5.72. The molecule has 0 N–H and O–H groups in total. The molecule has 0 aliphatic carbocycles. The first-order valence-electron chi connectivity index (χ1n) is 4.64. The van der Waals surface area contributed by atoms with E-state index >= 15 is 0 Å². The number of carbonyl (C=O) groups is 2. The van der Waals surface area contributed by atoms with E-state index in [4.69, 9.17) is 0 Å². The third-order valence-electron chi connectivity index (χ3n) is 2.37. The molecule has 15 heavy (non-hydrogen) atoms. The predicted octanol–water partition coefficient (Wildman–Crippen LogP) is 2.24. The highest BCUT2D eigenvalue weighted by atomic mass is 127. The average Bonchev–Trinajstić information content (AvgIpc) is 2.16. The van der Waals surface area contributed by atoms with Crippen LogP contribution in [0.2, 0.25) is 0 Å². The second-order valence-electron chi connectivity index (χ2n) is 3.51. The van der Waals surface area contributed by atoms with Crippen LogP contribution in [0, 0.1) is 3.57 Å². The van der Waals surface area contributed by atoms with E-state index in [2.05, 4.69) is 27.3 Å². The first kappa shape index (κ1) is 10.6. The second-order valence-corrected chi connectivity index (χ2v) is 4.75. The fourth-order valence-electron chi connectivity index (χ4n) is 1.68. The van der Waals surface area contributed by atoms with Gasteiger partial charge in [0.25, 0.3) is 0 Å². The number of cyclic esters (lactones) is 2. The van der Waals surface area contributed by atoms with Crippen molar-refractivity contribution < 1.29 is 14.3 Å². The molecular weight excluding hydrogens is 307 g/mol. The van der Waals surface area contributed by atoms with Crippen LogP contribution in [0.15, 0.2) is 24.3 Å². The number of carbonyl (C=O) groups excluding carboxylic acids is 2. The molecule has 1 heterocycles. The molecule has 0 atom stereocenters. The summed E-state index contributed by atoms with van der Waals surface area (Å²) in [5.74, 6) is -0.862. The lowest BCUT2D eigenvalue weighted by molar-refractivity contribution is -0.163. The Balaban J connectivity index is 2.23. The third-order valence-corrected chi connectivity index (χ3v) is 3.04. The van der Waals surface area contributed by atoms with Crippen LogP contribution in [-0.4, -0.2) is 11.9 Å². The molecule has 0 aromatic heterocycles. The normalized spacial score (nSPS) is 17.7. The Morgan fingerprint density at radius 2 is 1.87 bits per heavy atom. The first-order chi connectivity index (χ1) is 7.15. The third kappa shape index (κ3) is 2.56. The molecule has 0 amide bonds. The number of hydrogen-bond acceptors (Lipinski definition) is 3. The van der Waals surface area contributed by atoms with Gasteiger partial charge in [0.15, 0.2) is 0 Å². The van der Waals surface area contributed by atoms with E-state index in [1.807, 2.05) is 24.3 Å². The summed E-state index contributed by atoms with van der Waals surface area (Å²) in [6.07, 6.45) is 0.595. The Morgan fingerprint density at radius 3 is 2.47 bits per heavy atom. The van der Waals surface area contributed by atoms with Gasteiger partial charge in [-0.2, -0.15) is 0 Å². The molecule has 1 fully saturated rings. The van der Waals surface area contributed by atoms with E-state index in [0.29, 0.717) is 12.8 Å². The lowest BCUT2D eigenvalue weighted by atomic mass is 9.91. The van der Waals surface area contributed by atoms with E-state index in [1.54, 1.807) is 0 Å². The molecule has 2 rings (SSSR count). The molecule has 78 valence electrons. The molecule has 1 aliphatic heterocycles. The number of rotatable bonds is 1. The van der Waals surface area contributed by atoms with E-state index in [0.717, 1.165) is 9.13 Å². The molecule has 0 spiro atoms. The summed E-state index contributed by atoms with van der Waals surface area (Å²) in [7, 11) is 0. The predicted molar refractivity (Wildman–Crippen MR) is 62.2 cm³/mol. The van der Waals surface area contributed by atoms with Crippen LogP contribution < -0.4 is 0 Å². The van der Waals surface area contributed by atoms with Gasteiger partial charge in [-0.05, 0) is 40.3 Å². The molecule has 0 saturated carbocycles. The van der Waals surface area contributed by atoms with Gasteiger partial charge in [0.05, 0.1) is 12.8 Å². The maximum absolute atomic E-state index is 11.1. The van der Waals surface area contributed by atoms with Gasteiger partial charge in [0, 0.05) is 9.49 Å². The SMILES string of the molecule is O=C1CC(c2cccc(I)c2)CC(=O)O1. The van der Waals surface area contributed by atoms with Crippen LogP contribution in [-0.2, 0) is 14.3 Å². The van der Waals surface area contributed by atoms with Crippen LogP contribution in [0.4, 0.5) is 0 Å². The van der Waals surface area contributed by atoms with Crippen LogP contribution >= 0.6 is 22.6 Å². The lowest BCUT2D eigenvalue weighted by Gasteiger charge is -2.20. The van der Waals surface area contributed by atoms with Gasteiger partial charge in [0.1, 0.15) is 0 Å². The van der Waals surface area contributed by atoms with Gasteiger partial charge in [-0.15, -0.1) is 0 Å². The second kappa shape index (κ2) is 4.30. The van der Waals surface area contributed by atoms with Crippen LogP contribution in [0.5, 0.6) is 0 Å². The zero-order valence-electron chi connectivity index (χ0n) is 7.90. The van der Waals surface area contributed by atoms with Crippen LogP contribution in [0.25, 0.3) is 0 Å². The number of hydrogen-bond donors (Lipinski definition) is 0. The highest BCUT2D eigenvalue weighted by molar-refractivity contribution is 14.1. The monoisotopic (exact) mass is 316 g/mol. The highest BCUT2D eigenvalue weighted by Gasteiger charge is 2.28. The van der Waals surface area contributed by atoms with E-state index in [9.17, 15) is 9.59 Å². The van der Waals surface area contributed by atoms with Crippen molar-refractivity contribution in [3.8, 4) is 0 Å². The Bertz CT molecular complexity index is 398. The van der Waals surface area contributed by atoms with Gasteiger partial charge in [-0.1, -0.05) is 12.1 Å². The molecule has 0 bridgehead atoms. The summed E-state index contributed by atoms with van der Waals surface area (Å²) in [6, 6.07) is 7.85. The average molecular weight is 316 g/mol. The highest BCUT2D eigenvalue weighted by Crippen LogP contribution is 2.28. The number of benzene rings is 1. The molecule has 0 unspecified atom stereocenters. The minimum Gasteiger partial charge on any atom is -0.393 e. The van der Waals surface area contributed by atoms with E-state index < -0.39 is 11.9 Å². The Hall–Kier alpha value is -0.910. The van der Waals surface area contributed by atoms with Crippen molar-refractivity contribution in [3.05, 3.63) is 33.4 Å². The summed E-state index contributed by atoms with van der Waals surface area (Å²) < 4.78 is 5.60. The van der Waals surface area contributed by atoms with Crippen molar-refractivity contribution in [2.24, 2.45) is 0 Å². The summed E-state index contributed by atoms with van der Waals surface area (Å²) in [5.41, 5.74) is 1.03. The van der Waals surface area contributed by atoms with Gasteiger partial charge in [-0.3, -0.25) is 9.59 Å². The Morgan fingerprint density at radius 1 is 1.20 bits per heavy atom. The number of halogens is 1. The molecule has 1 aromatic carbocycles. The fraction of sp³-hybridized carbons (Fsp3) is 0.273. The van der Waals surface area contributed by atoms with Gasteiger partial charge in [-0.25, -0.2) is 0 Å². The molecule has 1 saturated heterocycles. The fourth-order valence-corrected chi connectivity index (χ4v) is 2.25. The quantitative estimate of drug-likeness (QED) is 0.453. The van der Waals surface area contributed by atoms with Crippen molar-refractivity contribution in [3.63, 3.8) is 0 Å². The Kier molecular flexibility index (Phi) is 3.04. The topological polar surface area (TPSA) is 43.4 Å². The maximum Gasteiger partial charge on any atom is 0.314 e. The molecule has 1 aromatic rings. The van der Waals surface area contributed by atoms with Crippen molar-refractivity contribution in [2.45, 2.75) is 18.8 Å². The van der Waals surface area contributed by atoms with Gasteiger partial charge in [0.2, 0.25) is 0 Å². The van der Waals surface area contributed by atoms with Gasteiger partial charge < -0.3 is 4.74 Å². The summed E-state index contributed by atoms with van der Waals surface area (Å²) in [5, 5.41) is 0. The molecular formula is C11H9IO3. The summed E-state index contributed by atoms with van der Waals surface area (Å²) >= 11 is 2.21. The van der Waals surface area contributed by atoms with Crippen LogP contribution in [0.3, 0.4) is 0 Å². The van der Waals surface area contributed by atoms with Crippen molar-refractivity contribution in [1.82, 2.24) is 0 Å². The number of ether oxygens (including phenoxy) is 1. The van der Waals surface area contributed by atoms with Crippen molar-refractivity contribution >= 4 is 34.5 Å². The maximum atomic E-state index is 11.1. The minimum absolute atomic E-state index is 0.0199. The Labute approximate surface area is 101 Å². The van der Waals surface area contributed by atoms with Crippen LogP contribution in [0.1, 0.15) is 24.3 Å². The van der Waals surface area contributed by atoms with E-state index in [1.165, 1.54) is 0 Å². The molecule has 1 aliphatic rings. The van der Waals surface area contributed by atoms with Crippen molar-refractivity contribution in [1.29, 1.82) is 0 Å². The zero-order valence-corrected chi connectivity index (χ0v) is 10.1. The molecule has 3 nitrogen and oxygen atoms in total. The van der Waals surface area contributed by atoms with Gasteiger partial charge >= 0.3 is 11.9 Å². The zero-order chi connectivity index (χ0) is 10.8. The number of esters is 2. The standard InChI is InChI=1S/C11H9IO3/c12-9-3-1-2-7(4-9)8-5-10(13)15-11(14)6-8/h1-4,8H,5-6H2. The molecule has 0 radical (unpaired) electrons. The minimum atomic E-state index is -0.421. The smallest absolute Gasteiger partial charge is 0.314 e.